The molecule has 2 N–H and O–H groups in total. The Morgan fingerprint density at radius 2 is 2.15 bits per heavy atom. The van der Waals surface area contributed by atoms with Gasteiger partial charge in [-0.2, -0.15) is 0 Å². The number of piperidine rings is 1. The summed E-state index contributed by atoms with van der Waals surface area (Å²) in [6.07, 6.45) is 1.91. The van der Waals surface area contributed by atoms with Gasteiger partial charge in [-0.15, -0.1) is 0 Å². The molecule has 6 nitrogen and oxygen atoms in total. The van der Waals surface area contributed by atoms with Crippen LogP contribution < -0.4 is 5.32 Å². The number of nitrogens with zero attached hydrogens (tertiary/aromatic N) is 1. The van der Waals surface area contributed by atoms with Gasteiger partial charge in [0, 0.05) is 19.7 Å². The number of likely N-dealkylation sites (tertiary alicyclic amines) is 1. The second kappa shape index (κ2) is 7.47. The van der Waals surface area contributed by atoms with Crippen molar-refractivity contribution in [1.29, 1.82) is 0 Å². The van der Waals surface area contributed by atoms with Gasteiger partial charge in [0.05, 0.1) is 18.1 Å². The summed E-state index contributed by atoms with van der Waals surface area (Å²) in [5.74, 6) is -0.806. The minimum absolute atomic E-state index is 0.0785. The van der Waals surface area contributed by atoms with Gasteiger partial charge in [0.15, 0.2) is 0 Å². The lowest BCUT2D eigenvalue weighted by atomic mass is 9.78. The smallest absolute Gasteiger partial charge is 0.317 e. The van der Waals surface area contributed by atoms with E-state index < -0.39 is 11.4 Å². The maximum absolute atomic E-state index is 12.2. The summed E-state index contributed by atoms with van der Waals surface area (Å²) in [6.45, 7) is 7.63. The second-order valence-electron chi connectivity index (χ2n) is 5.47. The number of amides is 2. The average molecular weight is 286 g/mol. The fourth-order valence-electron chi connectivity index (χ4n) is 2.56. The van der Waals surface area contributed by atoms with Crippen molar-refractivity contribution >= 4 is 12.0 Å². The average Bonchev–Trinajstić information content (AvgIpc) is 2.44. The largest absolute Gasteiger partial charge is 0.481 e. The molecule has 1 aliphatic heterocycles. The maximum atomic E-state index is 12.2. The van der Waals surface area contributed by atoms with Crippen LogP contribution in [0.5, 0.6) is 0 Å². The van der Waals surface area contributed by atoms with Crippen molar-refractivity contribution in [2.45, 2.75) is 46.1 Å². The molecule has 116 valence electrons. The third-order valence-electron chi connectivity index (χ3n) is 3.94. The van der Waals surface area contributed by atoms with E-state index in [2.05, 4.69) is 5.32 Å². The number of carboxylic acids is 1. The molecule has 2 unspecified atom stereocenters. The van der Waals surface area contributed by atoms with Gasteiger partial charge in [-0.05, 0) is 33.1 Å². The zero-order valence-corrected chi connectivity index (χ0v) is 12.6. The van der Waals surface area contributed by atoms with Crippen molar-refractivity contribution in [2.24, 2.45) is 5.41 Å². The quantitative estimate of drug-likeness (QED) is 0.779. The summed E-state index contributed by atoms with van der Waals surface area (Å²) in [5, 5.41) is 12.3. The van der Waals surface area contributed by atoms with Gasteiger partial charge in [0.25, 0.3) is 0 Å². The highest BCUT2D eigenvalue weighted by molar-refractivity contribution is 5.78. The molecule has 0 aromatic rings. The first kappa shape index (κ1) is 16.8. The van der Waals surface area contributed by atoms with E-state index in [1.54, 1.807) is 4.90 Å². The molecule has 0 aromatic heterocycles. The number of ether oxygens (including phenoxy) is 1. The third-order valence-corrected chi connectivity index (χ3v) is 3.94. The van der Waals surface area contributed by atoms with Gasteiger partial charge in [-0.25, -0.2) is 4.79 Å². The van der Waals surface area contributed by atoms with Crippen LogP contribution in [0, 0.1) is 5.41 Å². The van der Waals surface area contributed by atoms with E-state index in [0.717, 1.165) is 6.42 Å². The van der Waals surface area contributed by atoms with Crippen LogP contribution in [0.4, 0.5) is 4.79 Å². The van der Waals surface area contributed by atoms with E-state index >= 15 is 0 Å². The zero-order chi connectivity index (χ0) is 15.2. The van der Waals surface area contributed by atoms with E-state index in [-0.39, 0.29) is 18.6 Å². The van der Waals surface area contributed by atoms with Crippen LogP contribution in [-0.4, -0.2) is 54.4 Å². The Hall–Kier alpha value is -1.30. The molecule has 1 heterocycles. The fourth-order valence-corrected chi connectivity index (χ4v) is 2.56. The number of aliphatic carboxylic acids is 1. The zero-order valence-electron chi connectivity index (χ0n) is 12.6. The summed E-state index contributed by atoms with van der Waals surface area (Å²) >= 11 is 0. The maximum Gasteiger partial charge on any atom is 0.317 e. The van der Waals surface area contributed by atoms with E-state index in [9.17, 15) is 14.7 Å². The Labute approximate surface area is 120 Å². The predicted octanol–water partition coefficient (Wildman–Crippen LogP) is 1.70. The molecule has 1 fully saturated rings. The van der Waals surface area contributed by atoms with E-state index in [4.69, 9.17) is 4.74 Å². The van der Waals surface area contributed by atoms with Crippen molar-refractivity contribution in [2.75, 3.05) is 26.3 Å². The number of nitrogens with one attached hydrogen (secondary N) is 1. The number of rotatable bonds is 6. The molecule has 2 atom stereocenters. The van der Waals surface area contributed by atoms with Crippen LogP contribution in [0.3, 0.4) is 0 Å². The van der Waals surface area contributed by atoms with Gasteiger partial charge in [0.1, 0.15) is 0 Å². The molecule has 1 rings (SSSR count). The minimum atomic E-state index is -0.806. The highest BCUT2D eigenvalue weighted by atomic mass is 16.5. The molecule has 0 saturated carbocycles. The van der Waals surface area contributed by atoms with E-state index in [0.29, 0.717) is 32.6 Å². The van der Waals surface area contributed by atoms with Crippen molar-refractivity contribution in [3.63, 3.8) is 0 Å². The standard InChI is InChI=1S/C14H26N2O4/c1-4-14(12(17)18)7-6-8-16(10-14)13(19)15-11(3)9-20-5-2/h11H,4-10H2,1-3H3,(H,15,19)(H,17,18). The molecule has 0 spiro atoms. The molecule has 1 aliphatic rings. The van der Waals surface area contributed by atoms with Crippen LogP contribution in [0.25, 0.3) is 0 Å². The van der Waals surface area contributed by atoms with Crippen molar-refractivity contribution in [1.82, 2.24) is 10.2 Å². The molecule has 20 heavy (non-hydrogen) atoms. The number of carbonyl (C=O) groups is 2. The Morgan fingerprint density at radius 3 is 2.70 bits per heavy atom. The molecule has 0 radical (unpaired) electrons. The minimum Gasteiger partial charge on any atom is -0.481 e. The molecule has 1 saturated heterocycles. The first-order chi connectivity index (χ1) is 9.45. The van der Waals surface area contributed by atoms with Crippen LogP contribution in [-0.2, 0) is 9.53 Å². The van der Waals surface area contributed by atoms with Crippen molar-refractivity contribution in [3.05, 3.63) is 0 Å². The summed E-state index contributed by atoms with van der Waals surface area (Å²) in [5.41, 5.74) is -0.793. The number of hydrogen-bond acceptors (Lipinski definition) is 3. The molecule has 2 amide bonds. The summed E-state index contributed by atoms with van der Waals surface area (Å²) < 4.78 is 5.26. The summed E-state index contributed by atoms with van der Waals surface area (Å²) in [7, 11) is 0. The van der Waals surface area contributed by atoms with E-state index in [1.807, 2.05) is 20.8 Å². The second-order valence-corrected chi connectivity index (χ2v) is 5.47. The number of urea groups is 1. The van der Waals surface area contributed by atoms with Gasteiger partial charge in [-0.3, -0.25) is 4.79 Å². The lowest BCUT2D eigenvalue weighted by molar-refractivity contribution is -0.152. The Morgan fingerprint density at radius 1 is 1.45 bits per heavy atom. The Balaban J connectivity index is 2.58. The fraction of sp³-hybridized carbons (Fsp3) is 0.857. The summed E-state index contributed by atoms with van der Waals surface area (Å²) in [6, 6.07) is -0.277. The van der Waals surface area contributed by atoms with Gasteiger partial charge in [0.2, 0.25) is 0 Å². The molecule has 0 bridgehead atoms. The highest BCUT2D eigenvalue weighted by Gasteiger charge is 2.42. The number of carboxylic acid groups (broad SMARTS) is 1. The summed E-state index contributed by atoms with van der Waals surface area (Å²) in [4.78, 5) is 25.2. The van der Waals surface area contributed by atoms with Crippen LogP contribution in [0.15, 0.2) is 0 Å². The van der Waals surface area contributed by atoms with Crippen LogP contribution in [0.1, 0.15) is 40.0 Å². The normalized spacial score (nSPS) is 24.2. The van der Waals surface area contributed by atoms with Gasteiger partial charge < -0.3 is 20.1 Å². The highest BCUT2D eigenvalue weighted by Crippen LogP contribution is 2.33. The topological polar surface area (TPSA) is 78.9 Å². The molecular weight excluding hydrogens is 260 g/mol. The Bertz CT molecular complexity index is 348. The van der Waals surface area contributed by atoms with Crippen molar-refractivity contribution in [3.8, 4) is 0 Å². The first-order valence-electron chi connectivity index (χ1n) is 7.31. The number of hydrogen-bond donors (Lipinski definition) is 2. The lowest BCUT2D eigenvalue weighted by Crippen LogP contribution is -2.54. The Kier molecular flexibility index (Phi) is 6.26. The SMILES string of the molecule is CCOCC(C)NC(=O)N1CCCC(CC)(C(=O)O)C1. The van der Waals surface area contributed by atoms with Gasteiger partial charge in [-0.1, -0.05) is 6.92 Å². The van der Waals surface area contributed by atoms with Crippen LogP contribution >= 0.6 is 0 Å². The molecule has 6 heteroatoms. The molecule has 0 aliphatic carbocycles. The molecular formula is C14H26N2O4. The van der Waals surface area contributed by atoms with Crippen molar-refractivity contribution < 1.29 is 19.4 Å². The molecule has 0 aromatic carbocycles. The van der Waals surface area contributed by atoms with Gasteiger partial charge >= 0.3 is 12.0 Å². The lowest BCUT2D eigenvalue weighted by Gasteiger charge is -2.39. The third kappa shape index (κ3) is 4.10. The first-order valence-corrected chi connectivity index (χ1v) is 7.31. The monoisotopic (exact) mass is 286 g/mol. The van der Waals surface area contributed by atoms with Crippen LogP contribution in [0.2, 0.25) is 0 Å². The van der Waals surface area contributed by atoms with E-state index in [1.165, 1.54) is 0 Å². The number of carbonyl (C=O) groups excluding carboxylic acids is 1. The predicted molar refractivity (Wildman–Crippen MR) is 75.7 cm³/mol.